The van der Waals surface area contributed by atoms with Crippen molar-refractivity contribution in [2.24, 2.45) is 0 Å². The fourth-order valence-electron chi connectivity index (χ4n) is 4.39. The number of hydrogen-bond donors (Lipinski definition) is 0. The van der Waals surface area contributed by atoms with Crippen molar-refractivity contribution in [1.29, 1.82) is 0 Å². The van der Waals surface area contributed by atoms with Crippen molar-refractivity contribution in [3.8, 4) is 0 Å². The summed E-state index contributed by atoms with van der Waals surface area (Å²) in [5, 5.41) is 0. The lowest BCUT2D eigenvalue weighted by atomic mass is 9.98. The van der Waals surface area contributed by atoms with Crippen molar-refractivity contribution >= 4 is 29.4 Å². The molecule has 156 valence electrons. The second-order valence-electron chi connectivity index (χ2n) is 8.02. The highest BCUT2D eigenvalue weighted by atomic mass is 32.2. The molecule has 2 aliphatic heterocycles. The molecule has 0 spiro atoms. The first kappa shape index (κ1) is 20.7. The largest absolute Gasteiger partial charge is 0.456 e. The molecular weight excluding hydrogens is 398 g/mol. The van der Waals surface area contributed by atoms with E-state index in [0.29, 0.717) is 24.2 Å². The number of aryl methyl sites for hydroxylation is 3. The summed E-state index contributed by atoms with van der Waals surface area (Å²) in [6.45, 7) is 5.52. The van der Waals surface area contributed by atoms with E-state index in [1.165, 1.54) is 0 Å². The van der Waals surface area contributed by atoms with Crippen LogP contribution in [0.4, 0.5) is 0 Å². The maximum atomic E-state index is 12.9. The minimum Gasteiger partial charge on any atom is -0.456 e. The van der Waals surface area contributed by atoms with Crippen molar-refractivity contribution in [3.05, 3.63) is 70.3 Å². The van der Waals surface area contributed by atoms with Crippen molar-refractivity contribution in [2.75, 3.05) is 12.4 Å². The SMILES string of the molecule is Cc1cc(C)c(C(=O)COC(=O)[C@H]2CS[C@@]3(c4ccccc4)CCC(=O)N23)cc1C. The summed E-state index contributed by atoms with van der Waals surface area (Å²) in [4.78, 5) is 39.4. The Kier molecular flexibility index (Phi) is 5.45. The van der Waals surface area contributed by atoms with Gasteiger partial charge in [0.15, 0.2) is 6.61 Å². The van der Waals surface area contributed by atoms with Crippen molar-refractivity contribution in [1.82, 2.24) is 4.90 Å². The van der Waals surface area contributed by atoms with Crippen molar-refractivity contribution in [3.63, 3.8) is 0 Å². The van der Waals surface area contributed by atoms with Crippen LogP contribution in [0.3, 0.4) is 0 Å². The first-order valence-electron chi connectivity index (χ1n) is 10.1. The van der Waals surface area contributed by atoms with E-state index in [-0.39, 0.29) is 18.3 Å². The van der Waals surface area contributed by atoms with Gasteiger partial charge in [-0.1, -0.05) is 36.4 Å². The first-order chi connectivity index (χ1) is 14.3. The highest BCUT2D eigenvalue weighted by molar-refractivity contribution is 8.00. The molecule has 0 aromatic heterocycles. The zero-order valence-electron chi connectivity index (χ0n) is 17.4. The molecule has 5 nitrogen and oxygen atoms in total. The minimum absolute atomic E-state index is 0.0397. The molecule has 2 fully saturated rings. The third kappa shape index (κ3) is 3.43. The molecular formula is C24H25NO4S. The van der Waals surface area contributed by atoms with Crippen LogP contribution in [-0.2, 0) is 19.2 Å². The van der Waals surface area contributed by atoms with Gasteiger partial charge in [-0.2, -0.15) is 0 Å². The summed E-state index contributed by atoms with van der Waals surface area (Å²) >= 11 is 1.61. The number of ether oxygens (including phenoxy) is 1. The van der Waals surface area contributed by atoms with Gasteiger partial charge in [-0.3, -0.25) is 9.59 Å². The van der Waals surface area contributed by atoms with E-state index in [4.69, 9.17) is 4.74 Å². The van der Waals surface area contributed by atoms with E-state index in [1.54, 1.807) is 16.7 Å². The molecule has 2 aromatic carbocycles. The number of hydrogen-bond acceptors (Lipinski definition) is 5. The standard InChI is InChI=1S/C24H25NO4S/c1-15-11-17(3)19(12-16(15)2)21(26)13-29-23(28)20-14-30-24(10-9-22(27)25(20)24)18-7-5-4-6-8-18/h4-8,11-12,20H,9-10,13-14H2,1-3H3/t20-,24-/m1/s1. The predicted octanol–water partition coefficient (Wildman–Crippen LogP) is 3.93. The van der Waals surface area contributed by atoms with E-state index in [9.17, 15) is 14.4 Å². The Balaban J connectivity index is 1.49. The normalized spacial score (nSPS) is 22.8. The Morgan fingerprint density at radius 1 is 1.10 bits per heavy atom. The monoisotopic (exact) mass is 423 g/mol. The highest BCUT2D eigenvalue weighted by Crippen LogP contribution is 2.54. The molecule has 2 heterocycles. The zero-order valence-corrected chi connectivity index (χ0v) is 18.3. The molecule has 30 heavy (non-hydrogen) atoms. The molecule has 0 aliphatic carbocycles. The van der Waals surface area contributed by atoms with Gasteiger partial charge >= 0.3 is 5.97 Å². The molecule has 2 saturated heterocycles. The van der Waals surface area contributed by atoms with Crippen LogP contribution in [0.1, 0.15) is 45.5 Å². The number of amides is 1. The number of carbonyl (C=O) groups excluding carboxylic acids is 3. The predicted molar refractivity (Wildman–Crippen MR) is 116 cm³/mol. The topological polar surface area (TPSA) is 63.7 Å². The van der Waals surface area contributed by atoms with Gasteiger partial charge in [0.2, 0.25) is 11.7 Å². The van der Waals surface area contributed by atoms with Crippen molar-refractivity contribution in [2.45, 2.75) is 44.5 Å². The average molecular weight is 424 g/mol. The van der Waals surface area contributed by atoms with Crippen LogP contribution >= 0.6 is 11.8 Å². The lowest BCUT2D eigenvalue weighted by molar-refractivity contribution is -0.152. The smallest absolute Gasteiger partial charge is 0.330 e. The number of esters is 1. The summed E-state index contributed by atoms with van der Waals surface area (Å²) < 4.78 is 5.41. The maximum Gasteiger partial charge on any atom is 0.330 e. The molecule has 0 N–H and O–H groups in total. The van der Waals surface area contributed by atoms with E-state index >= 15 is 0 Å². The van der Waals surface area contributed by atoms with E-state index in [2.05, 4.69) is 0 Å². The number of ketones is 1. The van der Waals surface area contributed by atoms with Gasteiger partial charge < -0.3 is 9.64 Å². The third-order valence-electron chi connectivity index (χ3n) is 6.11. The van der Waals surface area contributed by atoms with E-state index in [1.807, 2.05) is 63.2 Å². The van der Waals surface area contributed by atoms with Crippen LogP contribution in [0.15, 0.2) is 42.5 Å². The second kappa shape index (κ2) is 7.91. The summed E-state index contributed by atoms with van der Waals surface area (Å²) in [6, 6.07) is 13.0. The fourth-order valence-corrected chi connectivity index (χ4v) is 6.02. The van der Waals surface area contributed by atoms with Gasteiger partial charge in [0, 0.05) is 17.7 Å². The number of nitrogens with zero attached hydrogens (tertiary/aromatic N) is 1. The van der Waals surface area contributed by atoms with Crippen LogP contribution < -0.4 is 0 Å². The molecule has 2 aromatic rings. The van der Waals surface area contributed by atoms with E-state index < -0.39 is 16.9 Å². The number of fused-ring (bicyclic) bond motifs is 1. The number of benzene rings is 2. The number of thioether (sulfide) groups is 1. The van der Waals surface area contributed by atoms with Gasteiger partial charge in [-0.25, -0.2) is 4.79 Å². The van der Waals surface area contributed by atoms with Crippen LogP contribution in [-0.4, -0.2) is 41.0 Å². The third-order valence-corrected chi connectivity index (χ3v) is 7.71. The minimum atomic E-state index is -0.668. The Morgan fingerprint density at radius 2 is 1.80 bits per heavy atom. The Bertz CT molecular complexity index is 1020. The Morgan fingerprint density at radius 3 is 2.53 bits per heavy atom. The van der Waals surface area contributed by atoms with Crippen LogP contribution in [0.25, 0.3) is 0 Å². The molecule has 2 atom stereocenters. The Labute approximate surface area is 180 Å². The van der Waals surface area contributed by atoms with Crippen LogP contribution in [0.5, 0.6) is 0 Å². The quantitative estimate of drug-likeness (QED) is 0.539. The van der Waals surface area contributed by atoms with Gasteiger partial charge in [-0.15, -0.1) is 11.8 Å². The maximum absolute atomic E-state index is 12.9. The molecule has 4 rings (SSSR count). The second-order valence-corrected chi connectivity index (χ2v) is 9.32. The summed E-state index contributed by atoms with van der Waals surface area (Å²) in [5.41, 5.74) is 4.61. The molecule has 1 amide bonds. The molecule has 2 aliphatic rings. The lowest BCUT2D eigenvalue weighted by Gasteiger charge is -2.33. The molecule has 0 radical (unpaired) electrons. The fraction of sp³-hybridized carbons (Fsp3) is 0.375. The van der Waals surface area contributed by atoms with Gasteiger partial charge in [0.25, 0.3) is 0 Å². The zero-order chi connectivity index (χ0) is 21.5. The summed E-state index contributed by atoms with van der Waals surface area (Å²) in [7, 11) is 0. The van der Waals surface area contributed by atoms with Crippen molar-refractivity contribution < 1.29 is 19.1 Å². The van der Waals surface area contributed by atoms with E-state index in [0.717, 1.165) is 22.3 Å². The first-order valence-corrected chi connectivity index (χ1v) is 11.1. The van der Waals surface area contributed by atoms with Crippen LogP contribution in [0.2, 0.25) is 0 Å². The number of carbonyl (C=O) groups is 3. The number of Topliss-reactive ketones (excluding diaryl/α,β-unsaturated/α-hetero) is 1. The van der Waals surface area contributed by atoms with Gasteiger partial charge in [-0.05, 0) is 55.5 Å². The molecule has 6 heteroatoms. The molecule has 0 bridgehead atoms. The van der Waals surface area contributed by atoms with Gasteiger partial charge in [0.05, 0.1) is 0 Å². The molecule has 0 unspecified atom stereocenters. The lowest BCUT2D eigenvalue weighted by Crippen LogP contribution is -2.47. The Hall–Kier alpha value is -2.60. The molecule has 0 saturated carbocycles. The van der Waals surface area contributed by atoms with Gasteiger partial charge in [0.1, 0.15) is 10.9 Å². The average Bonchev–Trinajstić information content (AvgIpc) is 3.28. The van der Waals surface area contributed by atoms with Crippen LogP contribution in [0, 0.1) is 20.8 Å². The highest BCUT2D eigenvalue weighted by Gasteiger charge is 2.57. The summed E-state index contributed by atoms with van der Waals surface area (Å²) in [5.74, 6) is -0.305. The summed E-state index contributed by atoms with van der Waals surface area (Å²) in [6.07, 6.45) is 1.08. The number of rotatable bonds is 5.